The molecule has 2 N–H and O–H groups in total. The molecule has 2 rings (SSSR count). The number of anilines is 1. The van der Waals surface area contributed by atoms with Gasteiger partial charge in [0.25, 0.3) is 0 Å². The Morgan fingerprint density at radius 1 is 1.23 bits per heavy atom. The first-order chi connectivity index (χ1) is 6.42. The van der Waals surface area contributed by atoms with Crippen LogP contribution >= 0.6 is 0 Å². The second-order valence-electron chi connectivity index (χ2n) is 2.57. The summed E-state index contributed by atoms with van der Waals surface area (Å²) in [6.07, 6.45) is 1.62. The lowest BCUT2D eigenvalue weighted by Crippen LogP contribution is -2.37. The largest absolute Gasteiger partial charge is 0.308 e. The number of nitrogens with one attached hydrogen (secondary N) is 2. The minimum Gasteiger partial charge on any atom is -0.308 e. The summed E-state index contributed by atoms with van der Waals surface area (Å²) in [6.45, 7) is 0. The molecular formula is C9H8N4. The van der Waals surface area contributed by atoms with Gasteiger partial charge in [-0.05, 0) is 12.1 Å². The van der Waals surface area contributed by atoms with E-state index in [1.54, 1.807) is 11.2 Å². The van der Waals surface area contributed by atoms with E-state index in [9.17, 15) is 0 Å². The first-order valence-electron chi connectivity index (χ1n) is 3.88. The zero-order chi connectivity index (χ0) is 9.10. The van der Waals surface area contributed by atoms with Crippen molar-refractivity contribution in [3.63, 3.8) is 0 Å². The molecule has 1 aromatic rings. The standard InChI is InChI=1S/C9H8N4/c10-6-9-7-11-12-13(9)8-4-2-1-3-5-8/h1-5,7,11-12H. The van der Waals surface area contributed by atoms with Gasteiger partial charge in [0, 0.05) is 0 Å². The van der Waals surface area contributed by atoms with Crippen LogP contribution in [0, 0.1) is 11.3 Å². The summed E-state index contributed by atoms with van der Waals surface area (Å²) in [7, 11) is 0. The van der Waals surface area contributed by atoms with Gasteiger partial charge in [0.2, 0.25) is 0 Å². The number of benzene rings is 1. The van der Waals surface area contributed by atoms with E-state index in [4.69, 9.17) is 5.26 Å². The fourth-order valence-corrected chi connectivity index (χ4v) is 1.15. The molecule has 0 unspecified atom stereocenters. The fraction of sp³-hybridized carbons (Fsp3) is 0. The number of allylic oxidation sites excluding steroid dienone is 1. The van der Waals surface area contributed by atoms with Crippen molar-refractivity contribution >= 4 is 5.69 Å². The lowest BCUT2D eigenvalue weighted by Gasteiger charge is -2.16. The maximum Gasteiger partial charge on any atom is 0.154 e. The van der Waals surface area contributed by atoms with E-state index < -0.39 is 0 Å². The molecule has 0 spiro atoms. The molecule has 1 aliphatic heterocycles. The van der Waals surface area contributed by atoms with Crippen molar-refractivity contribution in [1.82, 2.24) is 11.0 Å². The van der Waals surface area contributed by atoms with Gasteiger partial charge in [-0.25, -0.2) is 5.01 Å². The molecule has 4 nitrogen and oxygen atoms in total. The zero-order valence-corrected chi connectivity index (χ0v) is 6.86. The highest BCUT2D eigenvalue weighted by Gasteiger charge is 2.14. The predicted octanol–water partition coefficient (Wildman–Crippen LogP) is 0.881. The van der Waals surface area contributed by atoms with Crippen LogP contribution < -0.4 is 16.0 Å². The summed E-state index contributed by atoms with van der Waals surface area (Å²) in [5.74, 6) is 0. The molecule has 0 atom stereocenters. The first kappa shape index (κ1) is 7.65. The third-order valence-electron chi connectivity index (χ3n) is 1.76. The topological polar surface area (TPSA) is 51.1 Å². The smallest absolute Gasteiger partial charge is 0.154 e. The average Bonchev–Trinajstić information content (AvgIpc) is 2.67. The molecule has 0 saturated heterocycles. The SMILES string of the molecule is N#CC1=CNNN1c1ccccc1. The van der Waals surface area contributed by atoms with Crippen LogP contribution in [-0.2, 0) is 0 Å². The Morgan fingerprint density at radius 2 is 2.00 bits per heavy atom. The number of rotatable bonds is 1. The molecular weight excluding hydrogens is 164 g/mol. The molecule has 1 aliphatic rings. The monoisotopic (exact) mass is 172 g/mol. The lowest BCUT2D eigenvalue weighted by molar-refractivity contribution is 0.675. The van der Waals surface area contributed by atoms with Crippen LogP contribution in [0.25, 0.3) is 0 Å². The Balaban J connectivity index is 2.29. The maximum absolute atomic E-state index is 8.76. The quantitative estimate of drug-likeness (QED) is 0.660. The van der Waals surface area contributed by atoms with Gasteiger partial charge >= 0.3 is 0 Å². The molecule has 64 valence electrons. The first-order valence-corrected chi connectivity index (χ1v) is 3.88. The maximum atomic E-state index is 8.76. The van der Waals surface area contributed by atoms with Crippen LogP contribution in [0.15, 0.2) is 42.2 Å². The normalized spacial score (nSPS) is 14.7. The number of hydrogen-bond acceptors (Lipinski definition) is 4. The van der Waals surface area contributed by atoms with E-state index in [0.717, 1.165) is 5.69 Å². The number of nitriles is 1. The number of para-hydroxylation sites is 1. The second-order valence-corrected chi connectivity index (χ2v) is 2.57. The molecule has 0 bridgehead atoms. The van der Waals surface area contributed by atoms with E-state index in [2.05, 4.69) is 17.0 Å². The van der Waals surface area contributed by atoms with Crippen molar-refractivity contribution in [2.45, 2.75) is 0 Å². The van der Waals surface area contributed by atoms with Gasteiger partial charge in [-0.2, -0.15) is 5.26 Å². The van der Waals surface area contributed by atoms with E-state index in [0.29, 0.717) is 5.70 Å². The van der Waals surface area contributed by atoms with Crippen LogP contribution in [0.1, 0.15) is 0 Å². The van der Waals surface area contributed by atoms with Crippen LogP contribution in [0.5, 0.6) is 0 Å². The van der Waals surface area contributed by atoms with E-state index in [1.807, 2.05) is 30.3 Å². The minimum absolute atomic E-state index is 0.547. The Morgan fingerprint density at radius 3 is 2.69 bits per heavy atom. The molecule has 13 heavy (non-hydrogen) atoms. The van der Waals surface area contributed by atoms with Crippen LogP contribution in [0.4, 0.5) is 5.69 Å². The zero-order valence-electron chi connectivity index (χ0n) is 6.86. The number of nitrogens with zero attached hydrogens (tertiary/aromatic N) is 2. The molecule has 1 aromatic carbocycles. The van der Waals surface area contributed by atoms with Gasteiger partial charge in [-0.1, -0.05) is 18.2 Å². The second kappa shape index (κ2) is 3.17. The highest BCUT2D eigenvalue weighted by molar-refractivity contribution is 5.54. The summed E-state index contributed by atoms with van der Waals surface area (Å²) >= 11 is 0. The summed E-state index contributed by atoms with van der Waals surface area (Å²) in [6, 6.07) is 11.7. The molecule has 0 saturated carbocycles. The van der Waals surface area contributed by atoms with E-state index in [1.165, 1.54) is 0 Å². The highest BCUT2D eigenvalue weighted by Crippen LogP contribution is 2.16. The van der Waals surface area contributed by atoms with Gasteiger partial charge in [0.15, 0.2) is 5.70 Å². The third-order valence-corrected chi connectivity index (χ3v) is 1.76. The highest BCUT2D eigenvalue weighted by atomic mass is 15.7. The number of hydrogen-bond donors (Lipinski definition) is 2. The Hall–Kier alpha value is -1.99. The molecule has 0 aliphatic carbocycles. The van der Waals surface area contributed by atoms with Crippen molar-refractivity contribution in [1.29, 1.82) is 5.26 Å². The van der Waals surface area contributed by atoms with Crippen molar-refractivity contribution in [3.8, 4) is 6.07 Å². The molecule has 0 aromatic heterocycles. The van der Waals surface area contributed by atoms with Crippen LogP contribution in [0.2, 0.25) is 0 Å². The average molecular weight is 172 g/mol. The summed E-state index contributed by atoms with van der Waals surface area (Å²) in [5.41, 5.74) is 7.08. The van der Waals surface area contributed by atoms with E-state index in [-0.39, 0.29) is 0 Å². The summed E-state index contributed by atoms with van der Waals surface area (Å²) in [4.78, 5) is 0. The van der Waals surface area contributed by atoms with E-state index >= 15 is 0 Å². The van der Waals surface area contributed by atoms with Crippen molar-refractivity contribution in [3.05, 3.63) is 42.2 Å². The van der Waals surface area contributed by atoms with Crippen molar-refractivity contribution in [2.24, 2.45) is 0 Å². The summed E-state index contributed by atoms with van der Waals surface area (Å²) < 4.78 is 0. The van der Waals surface area contributed by atoms with Crippen LogP contribution in [0.3, 0.4) is 0 Å². The van der Waals surface area contributed by atoms with Crippen molar-refractivity contribution in [2.75, 3.05) is 5.01 Å². The summed E-state index contributed by atoms with van der Waals surface area (Å²) in [5, 5.41) is 10.4. The van der Waals surface area contributed by atoms with Gasteiger partial charge in [-0.3, -0.25) is 0 Å². The predicted molar refractivity (Wildman–Crippen MR) is 48.9 cm³/mol. The molecule has 1 heterocycles. The van der Waals surface area contributed by atoms with Crippen LogP contribution in [-0.4, -0.2) is 0 Å². The minimum atomic E-state index is 0.547. The molecule has 0 fully saturated rings. The van der Waals surface area contributed by atoms with Gasteiger partial charge < -0.3 is 5.43 Å². The Labute approximate surface area is 76.0 Å². The molecule has 0 amide bonds. The number of hydrazine groups is 2. The lowest BCUT2D eigenvalue weighted by atomic mass is 10.3. The molecule has 4 heteroatoms. The van der Waals surface area contributed by atoms with Gasteiger partial charge in [0.1, 0.15) is 6.07 Å². The Kier molecular flexibility index (Phi) is 1.87. The van der Waals surface area contributed by atoms with Gasteiger partial charge in [0.05, 0.1) is 11.9 Å². The third kappa shape index (κ3) is 1.33. The fourth-order valence-electron chi connectivity index (χ4n) is 1.15. The van der Waals surface area contributed by atoms with Crippen molar-refractivity contribution < 1.29 is 0 Å². The van der Waals surface area contributed by atoms with Gasteiger partial charge in [-0.15, -0.1) is 5.53 Å². The molecule has 0 radical (unpaired) electrons. The Bertz CT molecular complexity index is 363.